The van der Waals surface area contributed by atoms with E-state index in [0.29, 0.717) is 22.6 Å². The summed E-state index contributed by atoms with van der Waals surface area (Å²) in [7, 11) is 0. The molecule has 0 saturated carbocycles. The third kappa shape index (κ3) is 4.55. The summed E-state index contributed by atoms with van der Waals surface area (Å²) in [6.45, 7) is 6.17. The van der Waals surface area contributed by atoms with Crippen molar-refractivity contribution >= 4 is 46.2 Å². The maximum atomic E-state index is 12.2. The molecule has 2 aromatic carbocycles. The Labute approximate surface area is 199 Å². The molecule has 0 spiro atoms. The number of hydrogen-bond acceptors (Lipinski definition) is 5. The van der Waals surface area contributed by atoms with Gasteiger partial charge in [-0.3, -0.25) is 9.59 Å². The molecule has 6 nitrogen and oxygen atoms in total. The Bertz CT molecular complexity index is 1330. The molecule has 2 amide bonds. The van der Waals surface area contributed by atoms with Crippen molar-refractivity contribution in [2.75, 3.05) is 29.5 Å². The first-order valence-corrected chi connectivity index (χ1v) is 11.1. The largest absolute Gasteiger partial charge is 0.480 e. The number of carbonyl (C=O) groups is 2. The highest BCUT2D eigenvalue weighted by Crippen LogP contribution is 2.30. The first-order chi connectivity index (χ1) is 16.5. The number of anilines is 2. The molecule has 34 heavy (non-hydrogen) atoms. The molecule has 0 aliphatic carbocycles. The zero-order valence-corrected chi connectivity index (χ0v) is 19.2. The van der Waals surface area contributed by atoms with Crippen molar-refractivity contribution in [1.29, 1.82) is 0 Å². The van der Waals surface area contributed by atoms with Crippen molar-refractivity contribution in [3.05, 3.63) is 71.9 Å². The molecule has 1 aliphatic heterocycles. The minimum absolute atomic E-state index is 0.173. The van der Waals surface area contributed by atoms with Crippen LogP contribution in [0.5, 0.6) is 5.75 Å². The number of pyridine rings is 1. The van der Waals surface area contributed by atoms with Crippen LogP contribution in [0.3, 0.4) is 0 Å². The number of ether oxygens (including phenoxy) is 1. The lowest BCUT2D eigenvalue weighted by Crippen LogP contribution is -2.29. The van der Waals surface area contributed by atoms with E-state index >= 15 is 0 Å². The lowest BCUT2D eigenvalue weighted by molar-refractivity contribution is -0.119. The standard InChI is InChI=1S/C28H25N3O3/c1-4-18-34-25-19-23(30(5-2)6-3)15-12-20(25)10-13-22-14-11-21-8-7-9-24(28(21)29-22)31-26(32)16-17-27(31)33/h1,7-17,19H,5-6,18H2,2-3H3/b13-10+. The Morgan fingerprint density at radius 1 is 1.03 bits per heavy atom. The summed E-state index contributed by atoms with van der Waals surface area (Å²) in [5, 5.41) is 0.837. The van der Waals surface area contributed by atoms with Crippen LogP contribution in [-0.2, 0) is 9.59 Å². The molecule has 0 fully saturated rings. The Morgan fingerprint density at radius 2 is 1.79 bits per heavy atom. The van der Waals surface area contributed by atoms with Crippen LogP contribution in [-0.4, -0.2) is 36.5 Å². The quantitative estimate of drug-likeness (QED) is 0.367. The predicted molar refractivity (Wildman–Crippen MR) is 137 cm³/mol. The van der Waals surface area contributed by atoms with Gasteiger partial charge in [-0.25, -0.2) is 9.88 Å². The molecular formula is C28H25N3O3. The van der Waals surface area contributed by atoms with Gasteiger partial charge in [-0.2, -0.15) is 0 Å². The van der Waals surface area contributed by atoms with E-state index in [2.05, 4.69) is 30.7 Å². The van der Waals surface area contributed by atoms with Gasteiger partial charge in [-0.15, -0.1) is 6.42 Å². The second-order valence-electron chi connectivity index (χ2n) is 7.65. The molecule has 0 unspecified atom stereocenters. The Kier molecular flexibility index (Phi) is 6.74. The number of hydrogen-bond donors (Lipinski definition) is 0. The molecule has 170 valence electrons. The number of para-hydroxylation sites is 1. The van der Waals surface area contributed by atoms with E-state index in [-0.39, 0.29) is 18.4 Å². The number of rotatable bonds is 8. The molecule has 6 heteroatoms. The van der Waals surface area contributed by atoms with Crippen molar-refractivity contribution in [3.8, 4) is 18.1 Å². The fourth-order valence-corrected chi connectivity index (χ4v) is 3.92. The average molecular weight is 452 g/mol. The van der Waals surface area contributed by atoms with E-state index < -0.39 is 0 Å². The predicted octanol–water partition coefficient (Wildman–Crippen LogP) is 4.69. The lowest BCUT2D eigenvalue weighted by atomic mass is 10.1. The zero-order valence-electron chi connectivity index (χ0n) is 19.2. The van der Waals surface area contributed by atoms with Crippen LogP contribution < -0.4 is 14.5 Å². The van der Waals surface area contributed by atoms with Crippen LogP contribution in [0.15, 0.2) is 60.7 Å². The fourth-order valence-electron chi connectivity index (χ4n) is 3.92. The van der Waals surface area contributed by atoms with Crippen LogP contribution in [0.2, 0.25) is 0 Å². The van der Waals surface area contributed by atoms with E-state index in [1.54, 1.807) is 12.1 Å². The topological polar surface area (TPSA) is 62.7 Å². The highest BCUT2D eigenvalue weighted by Gasteiger charge is 2.27. The fraction of sp³-hybridized carbons (Fsp3) is 0.179. The van der Waals surface area contributed by atoms with Crippen molar-refractivity contribution in [1.82, 2.24) is 4.98 Å². The van der Waals surface area contributed by atoms with Crippen molar-refractivity contribution in [2.45, 2.75) is 13.8 Å². The first kappa shape index (κ1) is 22.8. The van der Waals surface area contributed by atoms with E-state index in [0.717, 1.165) is 34.6 Å². The van der Waals surface area contributed by atoms with E-state index in [4.69, 9.17) is 16.1 Å². The van der Waals surface area contributed by atoms with Crippen LogP contribution in [0.25, 0.3) is 23.1 Å². The minimum atomic E-state index is -0.371. The Hall–Kier alpha value is -4.37. The summed E-state index contributed by atoms with van der Waals surface area (Å²) >= 11 is 0. The highest BCUT2D eigenvalue weighted by molar-refractivity contribution is 6.30. The molecule has 0 radical (unpaired) electrons. The number of fused-ring (bicyclic) bond motifs is 1. The molecular weight excluding hydrogens is 426 g/mol. The molecule has 0 bridgehead atoms. The summed E-state index contributed by atoms with van der Waals surface area (Å²) in [6.07, 6.45) is 11.7. The first-order valence-electron chi connectivity index (χ1n) is 11.1. The van der Waals surface area contributed by atoms with E-state index in [1.807, 2.05) is 42.5 Å². The number of benzene rings is 2. The van der Waals surface area contributed by atoms with Gasteiger partial charge in [0.25, 0.3) is 11.8 Å². The zero-order chi connectivity index (χ0) is 24.1. The summed E-state index contributed by atoms with van der Waals surface area (Å²) in [5.74, 6) is 2.47. The molecule has 2 heterocycles. The monoisotopic (exact) mass is 451 g/mol. The van der Waals surface area contributed by atoms with Crippen molar-refractivity contribution < 1.29 is 14.3 Å². The number of amides is 2. The summed E-state index contributed by atoms with van der Waals surface area (Å²) in [6, 6.07) is 15.3. The normalized spacial score (nSPS) is 13.1. The van der Waals surface area contributed by atoms with Crippen molar-refractivity contribution in [3.63, 3.8) is 0 Å². The van der Waals surface area contributed by atoms with Gasteiger partial charge in [0.1, 0.15) is 12.4 Å². The van der Waals surface area contributed by atoms with Crippen LogP contribution in [0.4, 0.5) is 11.4 Å². The van der Waals surface area contributed by atoms with E-state index in [9.17, 15) is 9.59 Å². The maximum Gasteiger partial charge on any atom is 0.258 e. The molecule has 0 N–H and O–H groups in total. The van der Waals surface area contributed by atoms with Gasteiger partial charge >= 0.3 is 0 Å². The molecule has 0 atom stereocenters. The number of nitrogens with zero attached hydrogens (tertiary/aromatic N) is 3. The summed E-state index contributed by atoms with van der Waals surface area (Å²) in [4.78, 5) is 32.5. The molecule has 1 aliphatic rings. The summed E-state index contributed by atoms with van der Waals surface area (Å²) < 4.78 is 5.81. The average Bonchev–Trinajstić information content (AvgIpc) is 3.19. The minimum Gasteiger partial charge on any atom is -0.480 e. The van der Waals surface area contributed by atoms with Gasteiger partial charge in [0.2, 0.25) is 0 Å². The van der Waals surface area contributed by atoms with Gasteiger partial charge in [0, 0.05) is 47.9 Å². The number of carbonyl (C=O) groups excluding carboxylic acids is 2. The molecule has 4 rings (SSSR count). The second kappa shape index (κ2) is 10.1. The van der Waals surface area contributed by atoms with Crippen LogP contribution >= 0.6 is 0 Å². The van der Waals surface area contributed by atoms with Crippen LogP contribution in [0, 0.1) is 12.3 Å². The second-order valence-corrected chi connectivity index (χ2v) is 7.65. The lowest BCUT2D eigenvalue weighted by Gasteiger charge is -2.22. The highest BCUT2D eigenvalue weighted by atomic mass is 16.5. The Balaban J connectivity index is 1.70. The van der Waals surface area contributed by atoms with Gasteiger partial charge in [0.05, 0.1) is 16.9 Å². The molecule has 1 aromatic heterocycles. The number of terminal acetylenes is 1. The van der Waals surface area contributed by atoms with Gasteiger partial charge in [-0.05, 0) is 50.3 Å². The van der Waals surface area contributed by atoms with Crippen LogP contribution in [0.1, 0.15) is 25.1 Å². The molecule has 0 saturated heterocycles. The third-order valence-electron chi connectivity index (χ3n) is 5.64. The summed E-state index contributed by atoms with van der Waals surface area (Å²) in [5.41, 5.74) is 3.67. The maximum absolute atomic E-state index is 12.2. The Morgan fingerprint density at radius 3 is 2.50 bits per heavy atom. The van der Waals surface area contributed by atoms with Gasteiger partial charge in [0.15, 0.2) is 0 Å². The van der Waals surface area contributed by atoms with E-state index in [1.165, 1.54) is 12.2 Å². The SMILES string of the molecule is C#CCOc1cc(N(CC)CC)ccc1/C=C/c1ccc2cccc(N3C(=O)C=CC3=O)c2n1. The van der Waals surface area contributed by atoms with Gasteiger partial charge in [-0.1, -0.05) is 24.1 Å². The smallest absolute Gasteiger partial charge is 0.258 e. The van der Waals surface area contributed by atoms with Gasteiger partial charge < -0.3 is 9.64 Å². The van der Waals surface area contributed by atoms with Crippen molar-refractivity contribution in [2.24, 2.45) is 0 Å². The third-order valence-corrected chi connectivity index (χ3v) is 5.64. The molecule has 3 aromatic rings. The number of imide groups is 1. The number of aromatic nitrogens is 1.